The van der Waals surface area contributed by atoms with Crippen LogP contribution in [0.15, 0.2) is 23.9 Å². The molecule has 1 aromatic heterocycles. The van der Waals surface area contributed by atoms with Crippen LogP contribution >= 0.6 is 0 Å². The molecule has 170 valence electrons. The number of carbonyl (C=O) groups is 2. The fourth-order valence-electron chi connectivity index (χ4n) is 4.82. The van der Waals surface area contributed by atoms with Crippen molar-refractivity contribution in [2.45, 2.75) is 59.0 Å². The second kappa shape index (κ2) is 8.81. The monoisotopic (exact) mass is 436 g/mol. The van der Waals surface area contributed by atoms with Crippen LogP contribution in [0.2, 0.25) is 0 Å². The highest BCUT2D eigenvalue weighted by Gasteiger charge is 2.37. The topological polar surface area (TPSA) is 87.3 Å². The molecule has 7 heteroatoms. The maximum atomic E-state index is 13.3. The number of hydrogen-bond acceptors (Lipinski definition) is 4. The van der Waals surface area contributed by atoms with Crippen LogP contribution < -0.4 is 5.32 Å². The third kappa shape index (κ3) is 4.04. The smallest absolute Gasteiger partial charge is 0.407 e. The number of aromatic amines is 1. The van der Waals surface area contributed by atoms with Crippen molar-refractivity contribution in [1.29, 1.82) is 0 Å². The van der Waals surface area contributed by atoms with Crippen molar-refractivity contribution in [2.24, 2.45) is 5.92 Å². The number of rotatable bonds is 5. The van der Waals surface area contributed by atoms with Gasteiger partial charge in [-0.25, -0.2) is 9.78 Å². The number of benzene rings is 1. The Hall–Kier alpha value is -3.09. The predicted molar refractivity (Wildman–Crippen MR) is 124 cm³/mol. The van der Waals surface area contributed by atoms with Gasteiger partial charge in [0.05, 0.1) is 25.0 Å². The molecule has 2 amide bonds. The van der Waals surface area contributed by atoms with E-state index in [2.05, 4.69) is 47.3 Å². The highest BCUT2D eigenvalue weighted by Crippen LogP contribution is 2.37. The summed E-state index contributed by atoms with van der Waals surface area (Å²) in [5, 5.41) is 2.69. The Bertz CT molecular complexity index is 1070. The number of likely N-dealkylation sites (tertiary alicyclic amines) is 1. The Morgan fingerprint density at radius 2 is 2.06 bits per heavy atom. The number of H-pyrrole nitrogens is 1. The second-order valence-corrected chi connectivity index (χ2v) is 9.22. The minimum Gasteiger partial charge on any atom is -0.453 e. The molecule has 1 aromatic carbocycles. The number of imidazole rings is 1. The van der Waals surface area contributed by atoms with E-state index in [9.17, 15) is 9.59 Å². The van der Waals surface area contributed by atoms with E-state index in [1.54, 1.807) is 0 Å². The van der Waals surface area contributed by atoms with Crippen LogP contribution in [0.3, 0.4) is 0 Å². The number of ether oxygens (including phenoxy) is 1. The van der Waals surface area contributed by atoms with Gasteiger partial charge < -0.3 is 19.9 Å². The number of alkyl carbamates (subject to hydrolysis) is 1. The van der Waals surface area contributed by atoms with E-state index < -0.39 is 12.1 Å². The Labute approximate surface area is 189 Å². The first-order valence-corrected chi connectivity index (χ1v) is 11.3. The summed E-state index contributed by atoms with van der Waals surface area (Å²) < 4.78 is 4.72. The van der Waals surface area contributed by atoms with E-state index in [0.29, 0.717) is 6.54 Å². The molecule has 0 spiro atoms. The Balaban J connectivity index is 1.60. The molecule has 0 radical (unpaired) electrons. The molecule has 4 rings (SSSR count). The summed E-state index contributed by atoms with van der Waals surface area (Å²) in [6, 6.07) is 3.55. The lowest BCUT2D eigenvalue weighted by Gasteiger charge is -2.30. The van der Waals surface area contributed by atoms with Gasteiger partial charge in [0.2, 0.25) is 5.91 Å². The molecule has 1 aliphatic carbocycles. The van der Waals surface area contributed by atoms with Crippen molar-refractivity contribution >= 4 is 18.1 Å². The van der Waals surface area contributed by atoms with Gasteiger partial charge in [-0.2, -0.15) is 0 Å². The maximum absolute atomic E-state index is 13.3. The van der Waals surface area contributed by atoms with Crippen LogP contribution in [0.1, 0.15) is 62.2 Å². The summed E-state index contributed by atoms with van der Waals surface area (Å²) in [4.78, 5) is 35.1. The molecule has 7 nitrogen and oxygen atoms in total. The molecule has 2 aromatic rings. The maximum Gasteiger partial charge on any atom is 0.407 e. The van der Waals surface area contributed by atoms with Crippen LogP contribution in [0, 0.1) is 12.8 Å². The molecule has 0 unspecified atom stereocenters. The molecule has 1 aliphatic heterocycles. The normalized spacial score (nSPS) is 18.5. The number of aromatic nitrogens is 2. The first-order chi connectivity index (χ1) is 15.3. The highest BCUT2D eigenvalue weighted by molar-refractivity contribution is 5.86. The molecule has 2 aliphatic rings. The number of aryl methyl sites for hydroxylation is 1. The van der Waals surface area contributed by atoms with E-state index in [4.69, 9.17) is 4.74 Å². The van der Waals surface area contributed by atoms with Gasteiger partial charge in [-0.05, 0) is 55.7 Å². The molecule has 1 fully saturated rings. The SMILES string of the molecule is COC(=O)N[C@H](C(=O)N1CCC[C@H]1c1ncc(-c2ccc(C)c3c2C=C(C)C3)[nH]1)C(C)C. The molecule has 0 saturated carbocycles. The molecule has 2 N–H and O–H groups in total. The number of amides is 2. The van der Waals surface area contributed by atoms with Gasteiger partial charge >= 0.3 is 6.09 Å². The molecule has 2 heterocycles. The number of nitrogens with one attached hydrogen (secondary N) is 2. The van der Waals surface area contributed by atoms with Crippen LogP contribution in [-0.4, -0.2) is 46.6 Å². The second-order valence-electron chi connectivity index (χ2n) is 9.22. The van der Waals surface area contributed by atoms with E-state index in [-0.39, 0.29) is 17.9 Å². The van der Waals surface area contributed by atoms with Crippen LogP contribution in [-0.2, 0) is 16.0 Å². The molecule has 1 saturated heterocycles. The molecule has 2 atom stereocenters. The lowest BCUT2D eigenvalue weighted by atomic mass is 9.97. The fraction of sp³-hybridized carbons (Fsp3) is 0.480. The summed E-state index contributed by atoms with van der Waals surface area (Å²) in [5.41, 5.74) is 7.42. The summed E-state index contributed by atoms with van der Waals surface area (Å²) in [5.74, 6) is 0.639. The largest absolute Gasteiger partial charge is 0.453 e. The van der Waals surface area contributed by atoms with Gasteiger partial charge in [0.1, 0.15) is 11.9 Å². The van der Waals surface area contributed by atoms with Crippen LogP contribution in [0.5, 0.6) is 0 Å². The zero-order valence-electron chi connectivity index (χ0n) is 19.5. The van der Waals surface area contributed by atoms with Gasteiger partial charge in [0, 0.05) is 12.1 Å². The van der Waals surface area contributed by atoms with Crippen LogP contribution in [0.25, 0.3) is 17.3 Å². The van der Waals surface area contributed by atoms with Crippen LogP contribution in [0.4, 0.5) is 4.79 Å². The summed E-state index contributed by atoms with van der Waals surface area (Å²) in [6.07, 6.45) is 6.27. The third-order valence-corrected chi connectivity index (χ3v) is 6.57. The first kappa shape index (κ1) is 22.1. The predicted octanol–water partition coefficient (Wildman–Crippen LogP) is 4.39. The van der Waals surface area contributed by atoms with Crippen molar-refractivity contribution < 1.29 is 14.3 Å². The number of hydrogen-bond donors (Lipinski definition) is 2. The first-order valence-electron chi connectivity index (χ1n) is 11.3. The lowest BCUT2D eigenvalue weighted by Crippen LogP contribution is -2.51. The number of fused-ring (bicyclic) bond motifs is 1. The Kier molecular flexibility index (Phi) is 6.09. The van der Waals surface area contributed by atoms with E-state index in [1.807, 2.05) is 24.9 Å². The number of methoxy groups -OCH3 is 1. The fourth-order valence-corrected chi connectivity index (χ4v) is 4.82. The highest BCUT2D eigenvalue weighted by atomic mass is 16.5. The third-order valence-electron chi connectivity index (χ3n) is 6.57. The van der Waals surface area contributed by atoms with E-state index in [1.165, 1.54) is 29.4 Å². The molecule has 32 heavy (non-hydrogen) atoms. The summed E-state index contributed by atoms with van der Waals surface area (Å²) in [6.45, 7) is 8.80. The van der Waals surface area contributed by atoms with Crippen molar-refractivity contribution in [3.8, 4) is 11.3 Å². The minimum atomic E-state index is -0.633. The van der Waals surface area contributed by atoms with Crippen molar-refractivity contribution in [2.75, 3.05) is 13.7 Å². The van der Waals surface area contributed by atoms with Crippen molar-refractivity contribution in [3.05, 3.63) is 46.4 Å². The quantitative estimate of drug-likeness (QED) is 0.728. The number of allylic oxidation sites excluding steroid dienone is 1. The van der Waals surface area contributed by atoms with Crippen molar-refractivity contribution in [3.63, 3.8) is 0 Å². The average molecular weight is 437 g/mol. The van der Waals surface area contributed by atoms with Gasteiger partial charge in [0.25, 0.3) is 0 Å². The van der Waals surface area contributed by atoms with E-state index in [0.717, 1.165) is 36.3 Å². The molecular weight excluding hydrogens is 404 g/mol. The zero-order valence-corrected chi connectivity index (χ0v) is 19.5. The standard InChI is InChI=1S/C25H32N4O3/c1-14(2)22(28-25(31)32-5)24(30)29-10-6-7-21(29)23-26-13-20(27-23)17-9-8-16(4)18-11-15(3)12-19(17)18/h8-9,12-14,21-22H,6-7,10-11H2,1-5H3,(H,26,27)(H,28,31)/t21-,22-/m0/s1. The Morgan fingerprint density at radius 1 is 1.28 bits per heavy atom. The van der Waals surface area contributed by atoms with E-state index >= 15 is 0 Å². The zero-order chi connectivity index (χ0) is 23.0. The minimum absolute atomic E-state index is 0.0554. The molecular formula is C25H32N4O3. The van der Waals surface area contributed by atoms with Crippen molar-refractivity contribution in [1.82, 2.24) is 20.2 Å². The molecule has 0 bridgehead atoms. The van der Waals surface area contributed by atoms with Gasteiger partial charge in [-0.1, -0.05) is 37.6 Å². The number of carbonyl (C=O) groups excluding carboxylic acids is 2. The number of nitrogens with zero attached hydrogens (tertiary/aromatic N) is 2. The lowest BCUT2D eigenvalue weighted by molar-refractivity contribution is -0.135. The van der Waals surface area contributed by atoms with Gasteiger partial charge in [-0.15, -0.1) is 0 Å². The average Bonchev–Trinajstić information content (AvgIpc) is 3.50. The summed E-state index contributed by atoms with van der Waals surface area (Å²) >= 11 is 0. The van der Waals surface area contributed by atoms with Gasteiger partial charge in [0.15, 0.2) is 0 Å². The summed E-state index contributed by atoms with van der Waals surface area (Å²) in [7, 11) is 1.30. The van der Waals surface area contributed by atoms with Gasteiger partial charge in [-0.3, -0.25) is 4.79 Å². The Morgan fingerprint density at radius 3 is 2.78 bits per heavy atom.